The predicted molar refractivity (Wildman–Crippen MR) is 161 cm³/mol. The average Bonchev–Trinajstić information content (AvgIpc) is 2.88. The zero-order chi connectivity index (χ0) is 26.4. The van der Waals surface area contributed by atoms with E-state index in [2.05, 4.69) is 20.4 Å². The van der Waals surface area contributed by atoms with Crippen LogP contribution in [0.3, 0.4) is 0 Å². The second kappa shape index (κ2) is 30.4. The molecule has 0 fully saturated rings. The van der Waals surface area contributed by atoms with Gasteiger partial charge in [-0.1, -0.05) is 181 Å². The van der Waals surface area contributed by atoms with E-state index in [1.807, 2.05) is 0 Å². The first-order valence-corrected chi connectivity index (χ1v) is 16.6. The van der Waals surface area contributed by atoms with E-state index in [9.17, 15) is 4.79 Å². The molecule has 0 aliphatic rings. The maximum atomic E-state index is 12.1. The second-order valence-corrected chi connectivity index (χ2v) is 11.3. The van der Waals surface area contributed by atoms with E-state index in [1.165, 1.54) is 161 Å². The summed E-state index contributed by atoms with van der Waals surface area (Å²) >= 11 is 0. The first kappa shape index (κ1) is 35.2. The summed E-state index contributed by atoms with van der Waals surface area (Å²) < 4.78 is 5.43. The van der Waals surface area contributed by atoms with Gasteiger partial charge >= 0.3 is 5.97 Å². The van der Waals surface area contributed by atoms with Crippen LogP contribution in [-0.4, -0.2) is 12.6 Å². The van der Waals surface area contributed by atoms with Crippen molar-refractivity contribution in [3.05, 3.63) is 12.2 Å². The summed E-state index contributed by atoms with van der Waals surface area (Å²) in [7, 11) is 0. The van der Waals surface area contributed by atoms with Gasteiger partial charge in [-0.3, -0.25) is 0 Å². The molecule has 0 aromatic rings. The second-order valence-electron chi connectivity index (χ2n) is 11.3. The average molecular weight is 507 g/mol. The van der Waals surface area contributed by atoms with Crippen LogP contribution in [0.1, 0.15) is 194 Å². The summed E-state index contributed by atoms with van der Waals surface area (Å²) in [5.74, 6) is -0.164. The van der Waals surface area contributed by atoms with Gasteiger partial charge in [0.1, 0.15) is 0 Å². The number of ether oxygens (including phenoxy) is 1. The molecular weight excluding hydrogens is 440 g/mol. The summed E-state index contributed by atoms with van der Waals surface area (Å²) in [5, 5.41) is 0. The molecule has 0 aliphatic carbocycles. The Morgan fingerprint density at radius 3 is 1.06 bits per heavy atom. The topological polar surface area (TPSA) is 26.3 Å². The molecule has 0 bridgehead atoms. The molecule has 0 radical (unpaired) electrons. The van der Waals surface area contributed by atoms with Gasteiger partial charge in [-0.25, -0.2) is 4.79 Å². The van der Waals surface area contributed by atoms with Crippen molar-refractivity contribution in [1.82, 2.24) is 0 Å². The van der Waals surface area contributed by atoms with Crippen LogP contribution >= 0.6 is 0 Å². The minimum atomic E-state index is -0.164. The maximum Gasteiger partial charge on any atom is 0.333 e. The van der Waals surface area contributed by atoms with E-state index in [4.69, 9.17) is 4.74 Å². The first-order valence-electron chi connectivity index (χ1n) is 16.6. The number of hydrogen-bond donors (Lipinski definition) is 0. The fourth-order valence-corrected chi connectivity index (χ4v) is 5.02. The SMILES string of the molecule is C=C(CCCCCCCCCCCCC)C(=O)OCCCCCCCCCCCCCCCCCC. The lowest BCUT2D eigenvalue weighted by molar-refractivity contribution is -0.139. The zero-order valence-electron chi connectivity index (χ0n) is 25.0. The number of rotatable bonds is 30. The Morgan fingerprint density at radius 1 is 0.444 bits per heavy atom. The zero-order valence-corrected chi connectivity index (χ0v) is 25.0. The standard InChI is InChI=1S/C34H66O2/c1-4-6-8-10-12-14-16-17-18-19-20-22-24-26-28-30-32-36-34(35)33(3)31-29-27-25-23-21-15-13-11-9-7-5-2/h3-32H2,1-2H3. The molecule has 0 aromatic carbocycles. The highest BCUT2D eigenvalue weighted by Gasteiger charge is 2.08. The van der Waals surface area contributed by atoms with Crippen LogP contribution in [0, 0.1) is 0 Å². The molecule has 0 N–H and O–H groups in total. The van der Waals surface area contributed by atoms with Crippen LogP contribution < -0.4 is 0 Å². The lowest BCUT2D eigenvalue weighted by Gasteiger charge is -2.07. The van der Waals surface area contributed by atoms with Crippen LogP contribution in [0.4, 0.5) is 0 Å². The fraction of sp³-hybridized carbons (Fsp3) is 0.912. The molecule has 0 atom stereocenters. The highest BCUT2D eigenvalue weighted by molar-refractivity contribution is 5.87. The Kier molecular flexibility index (Phi) is 29.8. The van der Waals surface area contributed by atoms with E-state index in [1.54, 1.807) is 0 Å². The molecular formula is C34H66O2. The monoisotopic (exact) mass is 507 g/mol. The minimum absolute atomic E-state index is 0.164. The molecule has 0 unspecified atom stereocenters. The van der Waals surface area contributed by atoms with Crippen LogP contribution in [-0.2, 0) is 9.53 Å². The van der Waals surface area contributed by atoms with E-state index < -0.39 is 0 Å². The van der Waals surface area contributed by atoms with Crippen LogP contribution in [0.5, 0.6) is 0 Å². The summed E-state index contributed by atoms with van der Waals surface area (Å²) in [6.07, 6.45) is 37.2. The molecule has 0 spiro atoms. The van der Waals surface area contributed by atoms with Gasteiger partial charge in [0, 0.05) is 5.57 Å². The van der Waals surface area contributed by atoms with Gasteiger partial charge in [-0.2, -0.15) is 0 Å². The highest BCUT2D eigenvalue weighted by atomic mass is 16.5. The lowest BCUT2D eigenvalue weighted by atomic mass is 10.0. The first-order chi connectivity index (χ1) is 17.7. The smallest absolute Gasteiger partial charge is 0.333 e. The quantitative estimate of drug-likeness (QED) is 0.0550. The fourth-order valence-electron chi connectivity index (χ4n) is 5.02. The Morgan fingerprint density at radius 2 is 0.722 bits per heavy atom. The third kappa shape index (κ3) is 27.8. The summed E-state index contributed by atoms with van der Waals surface area (Å²) in [5.41, 5.74) is 0.669. The molecule has 0 saturated carbocycles. The highest BCUT2D eigenvalue weighted by Crippen LogP contribution is 2.15. The number of carbonyl (C=O) groups excluding carboxylic acids is 1. The Bertz CT molecular complexity index is 456. The third-order valence-electron chi connectivity index (χ3n) is 7.60. The van der Waals surface area contributed by atoms with Gasteiger partial charge in [0.05, 0.1) is 6.61 Å². The van der Waals surface area contributed by atoms with Gasteiger partial charge in [0.15, 0.2) is 0 Å². The van der Waals surface area contributed by atoms with Crippen molar-refractivity contribution in [1.29, 1.82) is 0 Å². The molecule has 214 valence electrons. The normalized spacial score (nSPS) is 11.2. The van der Waals surface area contributed by atoms with Gasteiger partial charge < -0.3 is 4.74 Å². The predicted octanol–water partition coefficient (Wildman–Crippen LogP) is 12.0. The number of carbonyl (C=O) groups is 1. The van der Waals surface area contributed by atoms with Crippen LogP contribution in [0.2, 0.25) is 0 Å². The molecule has 0 aliphatic heterocycles. The number of esters is 1. The van der Waals surface area contributed by atoms with Gasteiger partial charge in [0.2, 0.25) is 0 Å². The van der Waals surface area contributed by atoms with Crippen LogP contribution in [0.15, 0.2) is 12.2 Å². The molecule has 2 heteroatoms. The molecule has 36 heavy (non-hydrogen) atoms. The third-order valence-corrected chi connectivity index (χ3v) is 7.60. The van der Waals surface area contributed by atoms with Crippen LogP contribution in [0.25, 0.3) is 0 Å². The maximum absolute atomic E-state index is 12.1. The van der Waals surface area contributed by atoms with E-state index in [0.717, 1.165) is 19.3 Å². The number of unbranched alkanes of at least 4 members (excludes halogenated alkanes) is 25. The molecule has 0 heterocycles. The van der Waals surface area contributed by atoms with Crippen molar-refractivity contribution in [2.24, 2.45) is 0 Å². The van der Waals surface area contributed by atoms with E-state index >= 15 is 0 Å². The Labute approximate surface area is 227 Å². The Hall–Kier alpha value is -0.790. The van der Waals surface area contributed by atoms with E-state index in [0.29, 0.717) is 12.2 Å². The molecule has 0 saturated heterocycles. The van der Waals surface area contributed by atoms with E-state index in [-0.39, 0.29) is 5.97 Å². The number of hydrogen-bond acceptors (Lipinski definition) is 2. The summed E-state index contributed by atoms with van der Waals surface area (Å²) in [6.45, 7) is 9.08. The van der Waals surface area contributed by atoms with Crippen molar-refractivity contribution < 1.29 is 9.53 Å². The lowest BCUT2D eigenvalue weighted by Crippen LogP contribution is -2.08. The van der Waals surface area contributed by atoms with Crippen molar-refractivity contribution in [3.63, 3.8) is 0 Å². The Balaban J connectivity index is 3.27. The van der Waals surface area contributed by atoms with Gasteiger partial charge in [-0.05, 0) is 19.3 Å². The largest absolute Gasteiger partial charge is 0.462 e. The molecule has 2 nitrogen and oxygen atoms in total. The summed E-state index contributed by atoms with van der Waals surface area (Å²) in [6, 6.07) is 0. The molecule has 0 rings (SSSR count). The van der Waals surface area contributed by atoms with Crippen molar-refractivity contribution in [2.45, 2.75) is 194 Å². The van der Waals surface area contributed by atoms with Gasteiger partial charge in [0.25, 0.3) is 0 Å². The minimum Gasteiger partial charge on any atom is -0.462 e. The molecule has 0 amide bonds. The van der Waals surface area contributed by atoms with Crippen molar-refractivity contribution in [2.75, 3.05) is 6.61 Å². The molecule has 0 aromatic heterocycles. The van der Waals surface area contributed by atoms with Crippen molar-refractivity contribution in [3.8, 4) is 0 Å². The summed E-state index contributed by atoms with van der Waals surface area (Å²) in [4.78, 5) is 12.1. The van der Waals surface area contributed by atoms with Crippen molar-refractivity contribution >= 4 is 5.97 Å². The van der Waals surface area contributed by atoms with Gasteiger partial charge in [-0.15, -0.1) is 0 Å².